The molecular weight excluding hydrogens is 471 g/mol. The molecule has 0 unspecified atom stereocenters. The lowest BCUT2D eigenvalue weighted by Gasteiger charge is -2.15. The van der Waals surface area contributed by atoms with Gasteiger partial charge in [0.1, 0.15) is 23.2 Å². The molecule has 0 radical (unpaired) electrons. The number of benzene rings is 4. The van der Waals surface area contributed by atoms with Crippen LogP contribution in [0.15, 0.2) is 91.0 Å². The van der Waals surface area contributed by atoms with Crippen molar-refractivity contribution in [3.63, 3.8) is 0 Å². The first-order valence-electron chi connectivity index (χ1n) is 11.4. The Hall–Kier alpha value is -3.93. The third-order valence-corrected chi connectivity index (χ3v) is 5.63. The predicted octanol–water partition coefficient (Wildman–Crippen LogP) is 9.08. The molecule has 0 saturated carbocycles. The predicted molar refractivity (Wildman–Crippen MR) is 132 cm³/mol. The Kier molecular flexibility index (Phi) is 7.53. The molecule has 0 aromatic heterocycles. The quantitative estimate of drug-likeness (QED) is 0.222. The Morgan fingerprint density at radius 1 is 0.722 bits per heavy atom. The van der Waals surface area contributed by atoms with Crippen LogP contribution in [0.5, 0.6) is 5.75 Å². The molecule has 36 heavy (non-hydrogen) atoms. The summed E-state index contributed by atoms with van der Waals surface area (Å²) < 4.78 is 75.5. The Bertz CT molecular complexity index is 1360. The standard InChI is InChI=1S/C30H23F5O/c1-2-3-20-4-6-21(7-5-20)24-9-8-23(28(32)18-24)16-17-30(34,35)36-26-14-15-27(29(33)19-26)22-10-12-25(31)13-11-22/h4-19H,2-3H2,1H3/b17-16+. The van der Waals surface area contributed by atoms with Gasteiger partial charge in [-0.25, -0.2) is 13.2 Å². The second kappa shape index (κ2) is 10.8. The number of ether oxygens (including phenoxy) is 1. The number of hydrogen-bond acceptors (Lipinski definition) is 1. The van der Waals surface area contributed by atoms with E-state index in [0.29, 0.717) is 17.2 Å². The topological polar surface area (TPSA) is 9.23 Å². The van der Waals surface area contributed by atoms with Crippen molar-refractivity contribution in [3.05, 3.63) is 120 Å². The first-order chi connectivity index (χ1) is 17.2. The summed E-state index contributed by atoms with van der Waals surface area (Å²) in [6, 6.07) is 20.5. The van der Waals surface area contributed by atoms with Gasteiger partial charge in [0.25, 0.3) is 0 Å². The number of halogens is 5. The van der Waals surface area contributed by atoms with Gasteiger partial charge >= 0.3 is 6.11 Å². The van der Waals surface area contributed by atoms with E-state index in [9.17, 15) is 22.0 Å². The van der Waals surface area contributed by atoms with Gasteiger partial charge in [0.15, 0.2) is 0 Å². The molecule has 0 aliphatic heterocycles. The number of rotatable bonds is 8. The first kappa shape index (κ1) is 25.2. The van der Waals surface area contributed by atoms with Gasteiger partial charge < -0.3 is 4.74 Å². The summed E-state index contributed by atoms with van der Waals surface area (Å²) in [5.74, 6) is -2.34. The molecule has 0 spiro atoms. The van der Waals surface area contributed by atoms with Crippen LogP contribution in [-0.4, -0.2) is 6.11 Å². The third-order valence-electron chi connectivity index (χ3n) is 5.63. The van der Waals surface area contributed by atoms with E-state index in [2.05, 4.69) is 11.7 Å². The monoisotopic (exact) mass is 494 g/mol. The molecule has 0 amide bonds. The van der Waals surface area contributed by atoms with Gasteiger partial charge in [0, 0.05) is 23.3 Å². The summed E-state index contributed by atoms with van der Waals surface area (Å²) in [4.78, 5) is 0. The van der Waals surface area contributed by atoms with Crippen LogP contribution in [0.1, 0.15) is 24.5 Å². The largest absolute Gasteiger partial charge is 0.429 e. The second-order valence-corrected chi connectivity index (χ2v) is 8.33. The second-order valence-electron chi connectivity index (χ2n) is 8.33. The van der Waals surface area contributed by atoms with Crippen molar-refractivity contribution in [2.24, 2.45) is 0 Å². The van der Waals surface area contributed by atoms with E-state index in [-0.39, 0.29) is 11.1 Å². The van der Waals surface area contributed by atoms with Crippen LogP contribution in [0.3, 0.4) is 0 Å². The zero-order chi connectivity index (χ0) is 25.7. The molecule has 0 aliphatic rings. The maximum absolute atomic E-state index is 14.6. The van der Waals surface area contributed by atoms with E-state index < -0.39 is 29.3 Å². The molecule has 4 rings (SSSR count). The van der Waals surface area contributed by atoms with Crippen molar-refractivity contribution < 1.29 is 26.7 Å². The maximum atomic E-state index is 14.6. The van der Waals surface area contributed by atoms with Crippen LogP contribution in [0, 0.1) is 17.5 Å². The first-order valence-corrected chi connectivity index (χ1v) is 11.4. The molecule has 0 saturated heterocycles. The van der Waals surface area contributed by atoms with Crippen LogP contribution in [0.4, 0.5) is 22.0 Å². The van der Waals surface area contributed by atoms with Crippen LogP contribution >= 0.6 is 0 Å². The van der Waals surface area contributed by atoms with Crippen molar-refractivity contribution in [2.75, 3.05) is 0 Å². The molecule has 0 N–H and O–H groups in total. The SMILES string of the molecule is CCCc1ccc(-c2ccc(/C=C/C(F)(F)Oc3ccc(-c4ccc(F)cc4)c(F)c3)c(F)c2)cc1. The molecule has 0 aliphatic carbocycles. The molecule has 0 atom stereocenters. The molecule has 6 heteroatoms. The summed E-state index contributed by atoms with van der Waals surface area (Å²) >= 11 is 0. The lowest BCUT2D eigenvalue weighted by Crippen LogP contribution is -2.21. The summed E-state index contributed by atoms with van der Waals surface area (Å²) in [5, 5.41) is 0. The van der Waals surface area contributed by atoms with Gasteiger partial charge in [-0.3, -0.25) is 0 Å². The molecule has 0 heterocycles. The Morgan fingerprint density at radius 2 is 1.39 bits per heavy atom. The van der Waals surface area contributed by atoms with Crippen molar-refractivity contribution in [3.8, 4) is 28.0 Å². The average Bonchev–Trinajstić information content (AvgIpc) is 2.84. The van der Waals surface area contributed by atoms with Crippen molar-refractivity contribution in [1.82, 2.24) is 0 Å². The highest BCUT2D eigenvalue weighted by molar-refractivity contribution is 5.67. The minimum Gasteiger partial charge on any atom is -0.429 e. The number of hydrogen-bond donors (Lipinski definition) is 0. The fourth-order valence-corrected chi connectivity index (χ4v) is 3.80. The van der Waals surface area contributed by atoms with E-state index in [1.807, 2.05) is 24.3 Å². The smallest absolute Gasteiger partial charge is 0.419 e. The summed E-state index contributed by atoms with van der Waals surface area (Å²) in [6.07, 6.45) is -0.494. The number of alkyl halides is 2. The van der Waals surface area contributed by atoms with Crippen LogP contribution in [0.25, 0.3) is 28.3 Å². The Morgan fingerprint density at radius 3 is 2.03 bits per heavy atom. The molecule has 1 nitrogen and oxygen atoms in total. The van der Waals surface area contributed by atoms with Crippen molar-refractivity contribution in [2.45, 2.75) is 25.9 Å². The molecular formula is C30H23F5O. The maximum Gasteiger partial charge on any atom is 0.419 e. The third kappa shape index (κ3) is 6.19. The summed E-state index contributed by atoms with van der Waals surface area (Å²) in [6.45, 7) is 2.09. The highest BCUT2D eigenvalue weighted by Crippen LogP contribution is 2.30. The highest BCUT2D eigenvalue weighted by Gasteiger charge is 2.28. The van der Waals surface area contributed by atoms with Crippen molar-refractivity contribution in [1.29, 1.82) is 0 Å². The highest BCUT2D eigenvalue weighted by atomic mass is 19.3. The van der Waals surface area contributed by atoms with Crippen molar-refractivity contribution >= 4 is 6.08 Å². The van der Waals surface area contributed by atoms with Gasteiger partial charge in [0.2, 0.25) is 0 Å². The molecule has 0 bridgehead atoms. The van der Waals surface area contributed by atoms with Gasteiger partial charge in [-0.05, 0) is 65.1 Å². The molecule has 4 aromatic rings. The Balaban J connectivity index is 1.46. The van der Waals surface area contributed by atoms with Gasteiger partial charge in [-0.1, -0.05) is 61.9 Å². The summed E-state index contributed by atoms with van der Waals surface area (Å²) in [5.41, 5.74) is 3.11. The van der Waals surface area contributed by atoms with E-state index in [1.165, 1.54) is 54.1 Å². The van der Waals surface area contributed by atoms with Gasteiger partial charge in [0.05, 0.1) is 0 Å². The fourth-order valence-electron chi connectivity index (χ4n) is 3.80. The van der Waals surface area contributed by atoms with E-state index >= 15 is 0 Å². The van der Waals surface area contributed by atoms with E-state index in [0.717, 1.165) is 30.5 Å². The molecule has 4 aromatic carbocycles. The normalized spacial score (nSPS) is 11.7. The Labute approximate surface area is 206 Å². The fraction of sp³-hybridized carbons (Fsp3) is 0.133. The molecule has 184 valence electrons. The zero-order valence-corrected chi connectivity index (χ0v) is 19.4. The minimum absolute atomic E-state index is 0.0394. The zero-order valence-electron chi connectivity index (χ0n) is 19.4. The minimum atomic E-state index is -3.82. The lowest BCUT2D eigenvalue weighted by molar-refractivity contribution is -0.131. The molecule has 0 fully saturated rings. The lowest BCUT2D eigenvalue weighted by atomic mass is 10.0. The van der Waals surface area contributed by atoms with E-state index in [4.69, 9.17) is 0 Å². The van der Waals surface area contributed by atoms with Gasteiger partial charge in [-0.2, -0.15) is 8.78 Å². The van der Waals surface area contributed by atoms with Crippen LogP contribution < -0.4 is 4.74 Å². The number of aryl methyl sites for hydroxylation is 1. The van der Waals surface area contributed by atoms with Crippen LogP contribution in [0.2, 0.25) is 0 Å². The summed E-state index contributed by atoms with van der Waals surface area (Å²) in [7, 11) is 0. The van der Waals surface area contributed by atoms with Crippen LogP contribution in [-0.2, 0) is 6.42 Å². The van der Waals surface area contributed by atoms with E-state index in [1.54, 1.807) is 6.07 Å². The average molecular weight is 495 g/mol. The van der Waals surface area contributed by atoms with Gasteiger partial charge in [-0.15, -0.1) is 0 Å².